The Bertz CT molecular complexity index is 856. The molecule has 0 spiro atoms. The lowest BCUT2D eigenvalue weighted by atomic mass is 9.85. The summed E-state index contributed by atoms with van der Waals surface area (Å²) in [6.07, 6.45) is 14.6. The number of phenols is 1. The van der Waals surface area contributed by atoms with E-state index in [1.165, 1.54) is 35.1 Å². The van der Waals surface area contributed by atoms with Gasteiger partial charge in [0, 0.05) is 5.56 Å². The van der Waals surface area contributed by atoms with Crippen molar-refractivity contribution in [3.05, 3.63) is 57.7 Å². The second-order valence-electron chi connectivity index (χ2n) is 10.1. The zero-order chi connectivity index (χ0) is 23.2. The normalized spacial score (nSPS) is 19.2. The molecule has 31 heavy (non-hydrogen) atoms. The maximum absolute atomic E-state index is 10.4. The van der Waals surface area contributed by atoms with Crippen LogP contribution in [0.1, 0.15) is 101 Å². The van der Waals surface area contributed by atoms with Crippen molar-refractivity contribution in [2.45, 2.75) is 112 Å². The van der Waals surface area contributed by atoms with Gasteiger partial charge >= 0.3 is 0 Å². The van der Waals surface area contributed by atoms with Gasteiger partial charge in [0.05, 0.1) is 0 Å². The molecule has 0 unspecified atom stereocenters. The molecule has 0 saturated carbocycles. The Morgan fingerprint density at radius 2 is 1.61 bits per heavy atom. The fraction of sp³-hybridized carbons (Fsp3) is 0.586. The van der Waals surface area contributed by atoms with E-state index in [1.54, 1.807) is 0 Å². The number of benzene rings is 1. The highest BCUT2D eigenvalue weighted by molar-refractivity contribution is 5.58. The summed E-state index contributed by atoms with van der Waals surface area (Å²) in [5, 5.41) is 10.4. The van der Waals surface area contributed by atoms with Gasteiger partial charge < -0.3 is 9.84 Å². The molecule has 2 rings (SSSR count). The zero-order valence-corrected chi connectivity index (χ0v) is 21.1. The minimum Gasteiger partial charge on any atom is -0.507 e. The van der Waals surface area contributed by atoms with E-state index in [1.807, 2.05) is 13.8 Å². The van der Waals surface area contributed by atoms with Crippen molar-refractivity contribution in [2.24, 2.45) is 0 Å². The number of phenolic OH excluding ortho intramolecular Hbond substituents is 1. The van der Waals surface area contributed by atoms with Gasteiger partial charge in [-0.1, -0.05) is 28.9 Å². The fourth-order valence-corrected chi connectivity index (χ4v) is 4.51. The molecule has 0 saturated heterocycles. The van der Waals surface area contributed by atoms with Crippen LogP contribution in [0, 0.1) is 20.8 Å². The molecular formula is C29H44O2. The van der Waals surface area contributed by atoms with Gasteiger partial charge in [0.15, 0.2) is 0 Å². The van der Waals surface area contributed by atoms with Crippen molar-refractivity contribution in [1.29, 1.82) is 0 Å². The lowest BCUT2D eigenvalue weighted by Gasteiger charge is -2.38. The maximum Gasteiger partial charge on any atom is 0.127 e. The Morgan fingerprint density at radius 1 is 0.968 bits per heavy atom. The first-order chi connectivity index (χ1) is 14.5. The van der Waals surface area contributed by atoms with Gasteiger partial charge in [-0.3, -0.25) is 0 Å². The molecule has 2 heteroatoms. The second-order valence-corrected chi connectivity index (χ2v) is 10.1. The molecule has 172 valence electrons. The standard InChI is InChI=1S/C29H44O2/c1-20(2)12-9-13-21(3)14-10-15-22(4)16-11-18-29(8)19-17-26-25(7)27(30)23(5)24(6)28(26)31-29/h14,16,30H,1,9-13,15,17-19H2,2-8H3/t29-/m1/s1. The monoisotopic (exact) mass is 424 g/mol. The predicted molar refractivity (Wildman–Crippen MR) is 134 cm³/mol. The highest BCUT2D eigenvalue weighted by Crippen LogP contribution is 2.44. The summed E-state index contributed by atoms with van der Waals surface area (Å²) < 4.78 is 6.56. The molecule has 1 aliphatic heterocycles. The van der Waals surface area contributed by atoms with E-state index in [4.69, 9.17) is 4.74 Å². The smallest absolute Gasteiger partial charge is 0.127 e. The molecule has 1 aromatic rings. The highest BCUT2D eigenvalue weighted by Gasteiger charge is 2.33. The summed E-state index contributed by atoms with van der Waals surface area (Å²) in [6, 6.07) is 0. The topological polar surface area (TPSA) is 29.5 Å². The third-order valence-electron chi connectivity index (χ3n) is 6.96. The number of allylic oxidation sites excluding steroid dienone is 5. The van der Waals surface area contributed by atoms with E-state index in [0.717, 1.165) is 67.4 Å². The molecule has 0 radical (unpaired) electrons. The van der Waals surface area contributed by atoms with Crippen LogP contribution in [0.2, 0.25) is 0 Å². The highest BCUT2D eigenvalue weighted by atomic mass is 16.5. The van der Waals surface area contributed by atoms with Crippen LogP contribution in [0.15, 0.2) is 35.5 Å². The van der Waals surface area contributed by atoms with Gasteiger partial charge in [0.1, 0.15) is 17.1 Å². The summed E-state index contributed by atoms with van der Waals surface area (Å²) in [4.78, 5) is 0. The Balaban J connectivity index is 1.86. The predicted octanol–water partition coefficient (Wildman–Crippen LogP) is 8.60. The molecule has 1 atom stereocenters. The van der Waals surface area contributed by atoms with Crippen molar-refractivity contribution in [1.82, 2.24) is 0 Å². The first-order valence-corrected chi connectivity index (χ1v) is 12.0. The van der Waals surface area contributed by atoms with Gasteiger partial charge in [0.2, 0.25) is 0 Å². The van der Waals surface area contributed by atoms with Crippen LogP contribution in [0.25, 0.3) is 0 Å². The molecule has 1 N–H and O–H groups in total. The first-order valence-electron chi connectivity index (χ1n) is 12.0. The summed E-state index contributed by atoms with van der Waals surface area (Å²) in [6.45, 7) is 18.9. The van der Waals surface area contributed by atoms with Gasteiger partial charge in [0.25, 0.3) is 0 Å². The summed E-state index contributed by atoms with van der Waals surface area (Å²) >= 11 is 0. The number of aromatic hydroxyl groups is 1. The zero-order valence-electron chi connectivity index (χ0n) is 21.1. The Morgan fingerprint density at radius 3 is 2.29 bits per heavy atom. The number of hydrogen-bond acceptors (Lipinski definition) is 2. The van der Waals surface area contributed by atoms with Crippen LogP contribution in [-0.4, -0.2) is 10.7 Å². The van der Waals surface area contributed by atoms with Crippen molar-refractivity contribution < 1.29 is 9.84 Å². The lowest BCUT2D eigenvalue weighted by molar-refractivity contribution is 0.0558. The van der Waals surface area contributed by atoms with E-state index in [0.29, 0.717) is 5.75 Å². The van der Waals surface area contributed by atoms with Crippen LogP contribution in [-0.2, 0) is 6.42 Å². The van der Waals surface area contributed by atoms with E-state index in [-0.39, 0.29) is 5.60 Å². The minimum atomic E-state index is -0.135. The Kier molecular flexibility index (Phi) is 9.03. The molecule has 0 bridgehead atoms. The number of hydrogen-bond donors (Lipinski definition) is 1. The SMILES string of the molecule is C=C(C)CCCC(C)=CCCC(C)=CCC[C@]1(C)CCc2c(C)c(O)c(C)c(C)c2O1. The van der Waals surface area contributed by atoms with Crippen LogP contribution in [0.4, 0.5) is 0 Å². The molecule has 0 amide bonds. The van der Waals surface area contributed by atoms with Crippen LogP contribution >= 0.6 is 0 Å². The fourth-order valence-electron chi connectivity index (χ4n) is 4.51. The van der Waals surface area contributed by atoms with Crippen LogP contribution in [0.5, 0.6) is 11.5 Å². The molecule has 1 aliphatic rings. The molecular weight excluding hydrogens is 380 g/mol. The number of fused-ring (bicyclic) bond motifs is 1. The summed E-state index contributed by atoms with van der Waals surface area (Å²) in [7, 11) is 0. The van der Waals surface area contributed by atoms with Crippen molar-refractivity contribution in [3.8, 4) is 11.5 Å². The first kappa shape index (κ1) is 25.3. The maximum atomic E-state index is 10.4. The number of rotatable bonds is 10. The van der Waals surface area contributed by atoms with E-state index in [9.17, 15) is 5.11 Å². The minimum absolute atomic E-state index is 0.135. The van der Waals surface area contributed by atoms with Gasteiger partial charge in [-0.2, -0.15) is 0 Å². The van der Waals surface area contributed by atoms with Gasteiger partial charge in [-0.15, -0.1) is 6.58 Å². The Hall–Kier alpha value is -1.96. The quantitative estimate of drug-likeness (QED) is 0.381. The summed E-state index contributed by atoms with van der Waals surface area (Å²) in [5.74, 6) is 1.44. The average molecular weight is 425 g/mol. The summed E-state index contributed by atoms with van der Waals surface area (Å²) in [5.41, 5.74) is 8.32. The van der Waals surface area contributed by atoms with E-state index < -0.39 is 0 Å². The van der Waals surface area contributed by atoms with Gasteiger partial charge in [-0.25, -0.2) is 0 Å². The average Bonchev–Trinajstić information content (AvgIpc) is 2.70. The molecule has 0 fully saturated rings. The number of ether oxygens (including phenoxy) is 1. The Labute approximate surface area is 191 Å². The third-order valence-corrected chi connectivity index (χ3v) is 6.96. The third kappa shape index (κ3) is 7.02. The van der Waals surface area contributed by atoms with Crippen molar-refractivity contribution >= 4 is 0 Å². The molecule has 0 aromatic heterocycles. The van der Waals surface area contributed by atoms with E-state index in [2.05, 4.69) is 53.3 Å². The second kappa shape index (κ2) is 11.1. The van der Waals surface area contributed by atoms with Crippen LogP contribution < -0.4 is 4.74 Å². The van der Waals surface area contributed by atoms with Crippen molar-refractivity contribution in [3.63, 3.8) is 0 Å². The molecule has 1 aromatic carbocycles. The molecule has 0 aliphatic carbocycles. The molecule has 1 heterocycles. The lowest BCUT2D eigenvalue weighted by Crippen LogP contribution is -2.37. The van der Waals surface area contributed by atoms with Gasteiger partial charge in [-0.05, 0) is 123 Å². The van der Waals surface area contributed by atoms with E-state index >= 15 is 0 Å². The largest absolute Gasteiger partial charge is 0.507 e. The van der Waals surface area contributed by atoms with Crippen LogP contribution in [0.3, 0.4) is 0 Å². The molecule has 2 nitrogen and oxygen atoms in total. The van der Waals surface area contributed by atoms with Crippen molar-refractivity contribution in [2.75, 3.05) is 0 Å².